The van der Waals surface area contributed by atoms with E-state index in [-0.39, 0.29) is 23.5 Å². The predicted molar refractivity (Wildman–Crippen MR) is 147 cm³/mol. The Morgan fingerprint density at radius 2 is 1.81 bits per heavy atom. The summed E-state index contributed by atoms with van der Waals surface area (Å²) in [5, 5.41) is 7.36. The predicted octanol–water partition coefficient (Wildman–Crippen LogP) is 6.36. The van der Waals surface area contributed by atoms with Gasteiger partial charge < -0.3 is 15.4 Å². The molecule has 0 bridgehead atoms. The summed E-state index contributed by atoms with van der Waals surface area (Å²) in [5.74, 6) is 5.01. The van der Waals surface area contributed by atoms with E-state index in [0.717, 1.165) is 42.4 Å². The van der Waals surface area contributed by atoms with Gasteiger partial charge in [-0.1, -0.05) is 46.3 Å². The second-order valence-electron chi connectivity index (χ2n) is 14.4. The molecule has 2 N–H and O–H groups in total. The summed E-state index contributed by atoms with van der Waals surface area (Å²) in [6.45, 7) is 15.4. The van der Waals surface area contributed by atoms with E-state index in [9.17, 15) is 4.79 Å². The molecule has 4 aliphatic carbocycles. The highest BCUT2D eigenvalue weighted by molar-refractivity contribution is 5.66. The lowest BCUT2D eigenvalue weighted by atomic mass is 9.47. The molecule has 1 saturated heterocycles. The second kappa shape index (κ2) is 10.0. The van der Waals surface area contributed by atoms with Crippen molar-refractivity contribution in [3.8, 4) is 0 Å². The number of ether oxygens (including phenoxy) is 1. The van der Waals surface area contributed by atoms with Crippen LogP contribution in [0, 0.1) is 52.3 Å². The molecule has 4 heteroatoms. The maximum absolute atomic E-state index is 12.0. The molecule has 1 heterocycles. The van der Waals surface area contributed by atoms with Gasteiger partial charge in [-0.25, -0.2) is 0 Å². The highest BCUT2D eigenvalue weighted by Crippen LogP contribution is 2.67. The van der Waals surface area contributed by atoms with Gasteiger partial charge in [0.15, 0.2) is 0 Å². The van der Waals surface area contributed by atoms with E-state index in [4.69, 9.17) is 4.74 Å². The van der Waals surface area contributed by atoms with Crippen molar-refractivity contribution in [2.24, 2.45) is 52.3 Å². The molecule has 3 saturated carbocycles. The standard InChI is InChI=1S/C32H54N2O2/c1-19(2)22-14-17-34-29(22)18-20(3)24-10-11-25-23-8-9-27-30(36-21(4)35)28(33-7)13-16-32(27,6)26(23)12-15-31(24,25)5/h8,19-20,22,24-30,33-34H,9-18H2,1-7H3/t20-,22?,24-,25+,26+,27+,28-,29?,30-,31-,32-/m1/s1. The van der Waals surface area contributed by atoms with Crippen LogP contribution in [0.25, 0.3) is 0 Å². The molecule has 0 radical (unpaired) electrons. The lowest BCUT2D eigenvalue weighted by Crippen LogP contribution is -2.58. The zero-order chi connectivity index (χ0) is 25.8. The first-order valence-electron chi connectivity index (χ1n) is 15.4. The molecule has 1 aliphatic heterocycles. The van der Waals surface area contributed by atoms with Gasteiger partial charge in [-0.2, -0.15) is 0 Å². The quantitative estimate of drug-likeness (QED) is 0.331. The number of carbonyl (C=O) groups is 1. The third-order valence-electron chi connectivity index (χ3n) is 12.5. The Bertz CT molecular complexity index is 853. The Morgan fingerprint density at radius 3 is 2.50 bits per heavy atom. The van der Waals surface area contributed by atoms with Gasteiger partial charge in [0, 0.05) is 24.9 Å². The van der Waals surface area contributed by atoms with Crippen LogP contribution in [-0.2, 0) is 9.53 Å². The van der Waals surface area contributed by atoms with E-state index in [0.29, 0.717) is 23.3 Å². The minimum absolute atomic E-state index is 0.00141. The summed E-state index contributed by atoms with van der Waals surface area (Å²) >= 11 is 0. The van der Waals surface area contributed by atoms with Crippen LogP contribution in [0.3, 0.4) is 0 Å². The van der Waals surface area contributed by atoms with Crippen molar-refractivity contribution < 1.29 is 9.53 Å². The maximum atomic E-state index is 12.0. The fraction of sp³-hybridized carbons (Fsp3) is 0.906. The van der Waals surface area contributed by atoms with Crippen molar-refractivity contribution in [3.05, 3.63) is 11.6 Å². The number of allylic oxidation sites excluding steroid dienone is 2. The van der Waals surface area contributed by atoms with E-state index in [1.165, 1.54) is 51.5 Å². The van der Waals surface area contributed by atoms with Crippen molar-refractivity contribution in [3.63, 3.8) is 0 Å². The first-order chi connectivity index (χ1) is 17.1. The van der Waals surface area contributed by atoms with Gasteiger partial charge in [0.25, 0.3) is 0 Å². The molecule has 204 valence electrons. The SMILES string of the molecule is CN[C@@H]1CC[C@]2(C)[C@H]3CC[C@]4(C)[C@@H]([C@H](C)CC5NCCC5C(C)C)CC[C@H]4C3=CC[C@H]2[C@H]1OC(C)=O. The van der Waals surface area contributed by atoms with Crippen LogP contribution in [-0.4, -0.2) is 37.7 Å². The summed E-state index contributed by atoms with van der Waals surface area (Å²) in [6.07, 6.45) is 14.3. The minimum atomic E-state index is -0.125. The minimum Gasteiger partial charge on any atom is -0.461 e. The van der Waals surface area contributed by atoms with Crippen molar-refractivity contribution in [2.75, 3.05) is 13.6 Å². The zero-order valence-corrected chi connectivity index (χ0v) is 24.2. The third kappa shape index (κ3) is 4.31. The van der Waals surface area contributed by atoms with Crippen LogP contribution in [0.1, 0.15) is 99.3 Å². The molecule has 0 spiro atoms. The smallest absolute Gasteiger partial charge is 0.302 e. The summed E-state index contributed by atoms with van der Waals surface area (Å²) in [6, 6.07) is 1.000. The summed E-state index contributed by atoms with van der Waals surface area (Å²) in [4.78, 5) is 12.0. The molecule has 4 nitrogen and oxygen atoms in total. The molecular formula is C32H54N2O2. The van der Waals surface area contributed by atoms with Crippen LogP contribution in [0.2, 0.25) is 0 Å². The number of nitrogens with one attached hydrogen (secondary N) is 2. The van der Waals surface area contributed by atoms with Gasteiger partial charge in [0.1, 0.15) is 6.10 Å². The molecule has 11 atom stereocenters. The fourth-order valence-electron chi connectivity index (χ4n) is 10.6. The number of rotatable bonds is 6. The monoisotopic (exact) mass is 498 g/mol. The number of likely N-dealkylation sites (N-methyl/N-ethyl adjacent to an activating group) is 1. The number of hydrogen-bond acceptors (Lipinski definition) is 4. The molecule has 36 heavy (non-hydrogen) atoms. The largest absolute Gasteiger partial charge is 0.461 e. The van der Waals surface area contributed by atoms with Crippen LogP contribution < -0.4 is 10.6 Å². The van der Waals surface area contributed by atoms with Crippen LogP contribution in [0.15, 0.2) is 11.6 Å². The van der Waals surface area contributed by atoms with E-state index < -0.39 is 0 Å². The fourth-order valence-corrected chi connectivity index (χ4v) is 10.6. The number of hydrogen-bond donors (Lipinski definition) is 2. The third-order valence-corrected chi connectivity index (χ3v) is 12.5. The Balaban J connectivity index is 1.35. The highest BCUT2D eigenvalue weighted by Gasteiger charge is 2.60. The van der Waals surface area contributed by atoms with Crippen LogP contribution >= 0.6 is 0 Å². The van der Waals surface area contributed by atoms with Gasteiger partial charge in [-0.3, -0.25) is 4.79 Å². The van der Waals surface area contributed by atoms with E-state index >= 15 is 0 Å². The van der Waals surface area contributed by atoms with Gasteiger partial charge in [-0.15, -0.1) is 0 Å². The Morgan fingerprint density at radius 1 is 1.08 bits per heavy atom. The molecule has 0 aromatic heterocycles. The Hall–Kier alpha value is -0.870. The molecular weight excluding hydrogens is 444 g/mol. The zero-order valence-electron chi connectivity index (χ0n) is 24.2. The molecule has 5 aliphatic rings. The van der Waals surface area contributed by atoms with Gasteiger partial charge in [0.05, 0.1) is 0 Å². The van der Waals surface area contributed by atoms with Crippen molar-refractivity contribution in [1.29, 1.82) is 0 Å². The van der Waals surface area contributed by atoms with Gasteiger partial charge in [0.2, 0.25) is 0 Å². The molecule has 2 unspecified atom stereocenters. The maximum Gasteiger partial charge on any atom is 0.302 e. The van der Waals surface area contributed by atoms with Crippen molar-refractivity contribution in [1.82, 2.24) is 10.6 Å². The molecule has 5 rings (SSSR count). The average molecular weight is 499 g/mol. The number of esters is 1. The second-order valence-corrected chi connectivity index (χ2v) is 14.4. The van der Waals surface area contributed by atoms with E-state index in [1.54, 1.807) is 12.5 Å². The molecule has 0 aromatic rings. The lowest BCUT2D eigenvalue weighted by Gasteiger charge is -2.59. The first-order valence-corrected chi connectivity index (χ1v) is 15.4. The van der Waals surface area contributed by atoms with Gasteiger partial charge in [-0.05, 0) is 118 Å². The number of fused-ring (bicyclic) bond motifs is 5. The Kier molecular flexibility index (Phi) is 7.44. The average Bonchev–Trinajstić information content (AvgIpc) is 3.42. The highest BCUT2D eigenvalue weighted by atomic mass is 16.5. The molecule has 0 aromatic carbocycles. The normalized spacial score (nSPS) is 47.1. The van der Waals surface area contributed by atoms with Crippen molar-refractivity contribution in [2.45, 2.75) is 118 Å². The summed E-state index contributed by atoms with van der Waals surface area (Å²) in [5.41, 5.74) is 2.51. The van der Waals surface area contributed by atoms with E-state index in [2.05, 4.69) is 51.3 Å². The summed E-state index contributed by atoms with van der Waals surface area (Å²) in [7, 11) is 2.03. The molecule has 0 amide bonds. The van der Waals surface area contributed by atoms with Crippen molar-refractivity contribution >= 4 is 5.97 Å². The Labute approximate surface area is 221 Å². The first kappa shape index (κ1) is 26.7. The van der Waals surface area contributed by atoms with Crippen LogP contribution in [0.5, 0.6) is 0 Å². The lowest BCUT2D eigenvalue weighted by molar-refractivity contribution is -0.162. The summed E-state index contributed by atoms with van der Waals surface area (Å²) < 4.78 is 6.02. The molecule has 4 fully saturated rings. The van der Waals surface area contributed by atoms with E-state index in [1.807, 2.05) is 7.05 Å². The number of carbonyl (C=O) groups excluding carboxylic acids is 1. The van der Waals surface area contributed by atoms with Gasteiger partial charge >= 0.3 is 5.97 Å². The van der Waals surface area contributed by atoms with Crippen LogP contribution in [0.4, 0.5) is 0 Å². The topological polar surface area (TPSA) is 50.4 Å².